The molecule has 0 unspecified atom stereocenters. The van der Waals surface area contributed by atoms with Gasteiger partial charge in [-0.15, -0.1) is 0 Å². The van der Waals surface area contributed by atoms with Gasteiger partial charge in [-0.2, -0.15) is 0 Å². The van der Waals surface area contributed by atoms with E-state index in [-0.39, 0.29) is 0 Å². The maximum atomic E-state index is 4.17. The summed E-state index contributed by atoms with van der Waals surface area (Å²) in [5.74, 6) is 0. The van der Waals surface area contributed by atoms with Crippen LogP contribution >= 0.6 is 0 Å². The van der Waals surface area contributed by atoms with Gasteiger partial charge in [-0.3, -0.25) is 4.98 Å². The average Bonchev–Trinajstić information content (AvgIpc) is 2.71. The standard InChI is InChI=1S/C11H17N3/c1-12-10-6-11(8-13-7-10)14-9-4-2-3-5-9/h6-9,12,14H,2-5H2,1H3. The van der Waals surface area contributed by atoms with Gasteiger partial charge in [-0.05, 0) is 18.9 Å². The third kappa shape index (κ3) is 2.16. The summed E-state index contributed by atoms with van der Waals surface area (Å²) in [7, 11) is 1.91. The summed E-state index contributed by atoms with van der Waals surface area (Å²) in [6, 6.07) is 2.76. The first-order valence-corrected chi connectivity index (χ1v) is 5.28. The monoisotopic (exact) mass is 191 g/mol. The fraction of sp³-hybridized carbons (Fsp3) is 0.545. The van der Waals surface area contributed by atoms with Crippen LogP contribution in [-0.2, 0) is 0 Å². The largest absolute Gasteiger partial charge is 0.387 e. The molecule has 0 saturated heterocycles. The van der Waals surface area contributed by atoms with Crippen molar-refractivity contribution in [3.05, 3.63) is 18.5 Å². The molecular weight excluding hydrogens is 174 g/mol. The molecule has 3 nitrogen and oxygen atoms in total. The Balaban J connectivity index is 2.00. The average molecular weight is 191 g/mol. The Bertz CT molecular complexity index is 292. The smallest absolute Gasteiger partial charge is 0.0549 e. The van der Waals surface area contributed by atoms with E-state index in [0.717, 1.165) is 11.4 Å². The Morgan fingerprint density at radius 2 is 1.93 bits per heavy atom. The zero-order valence-corrected chi connectivity index (χ0v) is 8.59. The van der Waals surface area contributed by atoms with Gasteiger partial charge >= 0.3 is 0 Å². The van der Waals surface area contributed by atoms with Gasteiger partial charge in [0.25, 0.3) is 0 Å². The summed E-state index contributed by atoms with van der Waals surface area (Å²) in [6.07, 6.45) is 9.03. The molecule has 1 aromatic rings. The number of hydrogen-bond acceptors (Lipinski definition) is 3. The predicted molar refractivity (Wildman–Crippen MR) is 59.7 cm³/mol. The van der Waals surface area contributed by atoms with Crippen LogP contribution in [0, 0.1) is 0 Å². The summed E-state index contributed by atoms with van der Waals surface area (Å²) in [5.41, 5.74) is 2.19. The van der Waals surface area contributed by atoms with Crippen LogP contribution in [0.5, 0.6) is 0 Å². The van der Waals surface area contributed by atoms with Crippen molar-refractivity contribution in [1.82, 2.24) is 4.98 Å². The van der Waals surface area contributed by atoms with Crippen molar-refractivity contribution in [3.8, 4) is 0 Å². The molecule has 0 atom stereocenters. The van der Waals surface area contributed by atoms with Crippen LogP contribution in [0.2, 0.25) is 0 Å². The Morgan fingerprint density at radius 1 is 1.21 bits per heavy atom. The second-order valence-electron chi connectivity index (χ2n) is 3.84. The van der Waals surface area contributed by atoms with Crippen LogP contribution < -0.4 is 10.6 Å². The fourth-order valence-corrected chi connectivity index (χ4v) is 1.96. The molecule has 0 spiro atoms. The number of nitrogens with zero attached hydrogens (tertiary/aromatic N) is 1. The first-order chi connectivity index (χ1) is 6.88. The van der Waals surface area contributed by atoms with E-state index >= 15 is 0 Å². The summed E-state index contributed by atoms with van der Waals surface area (Å²) in [5, 5.41) is 6.60. The molecule has 1 aliphatic carbocycles. The van der Waals surface area contributed by atoms with Gasteiger partial charge in [0.05, 0.1) is 23.8 Å². The zero-order valence-electron chi connectivity index (χ0n) is 8.59. The quantitative estimate of drug-likeness (QED) is 0.770. The van der Waals surface area contributed by atoms with Gasteiger partial charge in [0.2, 0.25) is 0 Å². The topological polar surface area (TPSA) is 37.0 Å². The second-order valence-corrected chi connectivity index (χ2v) is 3.84. The van der Waals surface area contributed by atoms with Gasteiger partial charge < -0.3 is 10.6 Å². The number of nitrogens with one attached hydrogen (secondary N) is 2. The molecule has 2 N–H and O–H groups in total. The molecule has 0 aromatic carbocycles. The van der Waals surface area contributed by atoms with Crippen molar-refractivity contribution in [2.24, 2.45) is 0 Å². The minimum Gasteiger partial charge on any atom is -0.387 e. The van der Waals surface area contributed by atoms with Crippen LogP contribution in [0.4, 0.5) is 11.4 Å². The van der Waals surface area contributed by atoms with E-state index in [1.165, 1.54) is 25.7 Å². The highest BCUT2D eigenvalue weighted by Crippen LogP contribution is 2.22. The third-order valence-electron chi connectivity index (χ3n) is 2.75. The lowest BCUT2D eigenvalue weighted by molar-refractivity contribution is 0.755. The summed E-state index contributed by atoms with van der Waals surface area (Å²) in [6.45, 7) is 0. The molecule has 14 heavy (non-hydrogen) atoms. The molecule has 0 aliphatic heterocycles. The highest BCUT2D eigenvalue weighted by molar-refractivity contribution is 5.54. The second kappa shape index (κ2) is 4.31. The Kier molecular flexibility index (Phi) is 2.87. The van der Waals surface area contributed by atoms with Gasteiger partial charge in [0.1, 0.15) is 0 Å². The Hall–Kier alpha value is -1.25. The zero-order chi connectivity index (χ0) is 9.80. The maximum absolute atomic E-state index is 4.17. The molecule has 1 aliphatic rings. The summed E-state index contributed by atoms with van der Waals surface area (Å²) < 4.78 is 0. The lowest BCUT2D eigenvalue weighted by Crippen LogP contribution is -2.14. The van der Waals surface area contributed by atoms with Crippen LogP contribution in [0.25, 0.3) is 0 Å². The van der Waals surface area contributed by atoms with Gasteiger partial charge in [-0.25, -0.2) is 0 Å². The molecule has 0 bridgehead atoms. The minimum absolute atomic E-state index is 0.656. The molecule has 1 aromatic heterocycles. The third-order valence-corrected chi connectivity index (χ3v) is 2.75. The molecule has 76 valence electrons. The van der Waals surface area contributed by atoms with E-state index in [9.17, 15) is 0 Å². The van der Waals surface area contributed by atoms with Gasteiger partial charge in [0.15, 0.2) is 0 Å². The molecule has 3 heteroatoms. The SMILES string of the molecule is CNc1cncc(NC2CCCC2)c1. The van der Waals surface area contributed by atoms with Crippen molar-refractivity contribution in [3.63, 3.8) is 0 Å². The van der Waals surface area contributed by atoms with Crippen LogP contribution in [-0.4, -0.2) is 18.1 Å². The highest BCUT2D eigenvalue weighted by atomic mass is 14.9. The van der Waals surface area contributed by atoms with E-state index in [2.05, 4.69) is 21.7 Å². The Morgan fingerprint density at radius 3 is 2.64 bits per heavy atom. The van der Waals surface area contributed by atoms with Crippen molar-refractivity contribution in [2.75, 3.05) is 17.7 Å². The van der Waals surface area contributed by atoms with Crippen molar-refractivity contribution in [1.29, 1.82) is 0 Å². The van der Waals surface area contributed by atoms with E-state index in [4.69, 9.17) is 0 Å². The van der Waals surface area contributed by atoms with Crippen molar-refractivity contribution in [2.45, 2.75) is 31.7 Å². The molecule has 1 saturated carbocycles. The van der Waals surface area contributed by atoms with Gasteiger partial charge in [-0.1, -0.05) is 12.8 Å². The molecule has 0 radical (unpaired) electrons. The lowest BCUT2D eigenvalue weighted by Gasteiger charge is -2.13. The first-order valence-electron chi connectivity index (χ1n) is 5.28. The maximum Gasteiger partial charge on any atom is 0.0549 e. The molecule has 2 rings (SSSR count). The summed E-state index contributed by atoms with van der Waals surface area (Å²) >= 11 is 0. The number of hydrogen-bond donors (Lipinski definition) is 2. The Labute approximate surface area is 84.9 Å². The van der Waals surface area contributed by atoms with Gasteiger partial charge in [0, 0.05) is 13.1 Å². The molecule has 1 fully saturated rings. The molecular formula is C11H17N3. The van der Waals surface area contributed by atoms with E-state index < -0.39 is 0 Å². The number of pyridine rings is 1. The number of anilines is 2. The fourth-order valence-electron chi connectivity index (χ4n) is 1.96. The van der Waals surface area contributed by atoms with E-state index in [1.807, 2.05) is 19.4 Å². The van der Waals surface area contributed by atoms with Crippen molar-refractivity contribution >= 4 is 11.4 Å². The first kappa shape index (κ1) is 9.31. The summed E-state index contributed by atoms with van der Waals surface area (Å²) in [4.78, 5) is 4.17. The number of rotatable bonds is 3. The highest BCUT2D eigenvalue weighted by Gasteiger charge is 2.14. The normalized spacial score (nSPS) is 16.9. The van der Waals surface area contributed by atoms with Crippen LogP contribution in [0.15, 0.2) is 18.5 Å². The van der Waals surface area contributed by atoms with E-state index in [0.29, 0.717) is 6.04 Å². The molecule has 0 amide bonds. The predicted octanol–water partition coefficient (Wildman–Crippen LogP) is 2.48. The van der Waals surface area contributed by atoms with Crippen molar-refractivity contribution < 1.29 is 0 Å². The molecule has 1 heterocycles. The minimum atomic E-state index is 0.656. The number of aromatic nitrogens is 1. The van der Waals surface area contributed by atoms with E-state index in [1.54, 1.807) is 0 Å². The lowest BCUT2D eigenvalue weighted by atomic mass is 10.2. The van der Waals surface area contributed by atoms with Crippen LogP contribution in [0.1, 0.15) is 25.7 Å². The van der Waals surface area contributed by atoms with Crippen LogP contribution in [0.3, 0.4) is 0 Å².